The third-order valence-electron chi connectivity index (χ3n) is 11.8. The van der Waals surface area contributed by atoms with Crippen LogP contribution >= 0.6 is 0 Å². The molecule has 2 amide bonds. The zero-order valence-electron chi connectivity index (χ0n) is 36.1. The van der Waals surface area contributed by atoms with E-state index >= 15 is 0 Å². The number of carbonyl (C=O) groups is 7. The SMILES string of the molecule is CCc1c2c(nc3ccc(OC(=O)CCC(=O)NC(Cc4ccccc4)C(=O)O)cc13)-c1cc3c(c(=O)n1C2)COC(=O)[C@@]3(CC)OC(=O)CCC(=O)NC(Cc1ccccc1)C(C)=O. The number of nitrogens with zero attached hydrogens (tertiary/aromatic N) is 2. The van der Waals surface area contributed by atoms with Gasteiger partial charge in [0.05, 0.1) is 47.9 Å². The monoisotopic (exact) mass is 884 g/mol. The summed E-state index contributed by atoms with van der Waals surface area (Å²) in [5, 5.41) is 15.5. The molecule has 4 heterocycles. The molecule has 0 saturated carbocycles. The number of carboxylic acid groups (broad SMARTS) is 1. The number of ether oxygens (including phenoxy) is 3. The average Bonchev–Trinajstić information content (AvgIpc) is 3.66. The predicted molar refractivity (Wildman–Crippen MR) is 234 cm³/mol. The normalized spacial score (nSPS) is 15.6. The first-order chi connectivity index (χ1) is 31.2. The molecule has 0 aliphatic carbocycles. The van der Waals surface area contributed by atoms with Gasteiger partial charge in [-0.05, 0) is 67.1 Å². The summed E-state index contributed by atoms with van der Waals surface area (Å²) in [4.78, 5) is 109. The molecule has 3 atom stereocenters. The molecule has 0 bridgehead atoms. The minimum atomic E-state index is -1.99. The number of Topliss-reactive ketones (excluding diaryl/α,β-unsaturated/α-hetero) is 1. The maximum Gasteiger partial charge on any atom is 0.355 e. The molecule has 16 heteroatoms. The second kappa shape index (κ2) is 19.5. The van der Waals surface area contributed by atoms with Crippen LogP contribution in [0.2, 0.25) is 0 Å². The molecule has 2 aliphatic heterocycles. The molecule has 0 radical (unpaired) electrons. The summed E-state index contributed by atoms with van der Waals surface area (Å²) in [5.74, 6) is -4.85. The molecule has 5 aromatic rings. The Kier molecular flexibility index (Phi) is 13.7. The summed E-state index contributed by atoms with van der Waals surface area (Å²) in [6.45, 7) is 4.72. The highest BCUT2D eigenvalue weighted by molar-refractivity contribution is 5.93. The Bertz CT molecular complexity index is 2770. The number of amides is 2. The summed E-state index contributed by atoms with van der Waals surface area (Å²) < 4.78 is 18.5. The van der Waals surface area contributed by atoms with E-state index in [2.05, 4.69) is 10.6 Å². The molecular weight excluding hydrogens is 837 g/mol. The van der Waals surface area contributed by atoms with Crippen LogP contribution in [0.5, 0.6) is 5.75 Å². The van der Waals surface area contributed by atoms with E-state index in [0.29, 0.717) is 28.7 Å². The Balaban J connectivity index is 1.06. The Hall–Kier alpha value is -7.49. The van der Waals surface area contributed by atoms with Crippen molar-refractivity contribution in [2.75, 3.05) is 0 Å². The van der Waals surface area contributed by atoms with Crippen LogP contribution in [0, 0.1) is 0 Å². The van der Waals surface area contributed by atoms with Gasteiger partial charge in [-0.25, -0.2) is 14.6 Å². The van der Waals surface area contributed by atoms with Crippen molar-refractivity contribution in [3.63, 3.8) is 0 Å². The summed E-state index contributed by atoms with van der Waals surface area (Å²) in [7, 11) is 0. The average molecular weight is 885 g/mol. The van der Waals surface area contributed by atoms with E-state index < -0.39 is 65.4 Å². The van der Waals surface area contributed by atoms with Crippen molar-refractivity contribution >= 4 is 52.4 Å². The molecule has 65 heavy (non-hydrogen) atoms. The molecule has 0 spiro atoms. The van der Waals surface area contributed by atoms with Crippen molar-refractivity contribution in [1.82, 2.24) is 20.2 Å². The molecule has 2 unspecified atom stereocenters. The summed E-state index contributed by atoms with van der Waals surface area (Å²) in [5.41, 5.74) is 2.43. The number of esters is 3. The van der Waals surface area contributed by atoms with E-state index in [1.807, 2.05) is 37.3 Å². The summed E-state index contributed by atoms with van der Waals surface area (Å²) >= 11 is 0. The zero-order chi connectivity index (χ0) is 46.4. The van der Waals surface area contributed by atoms with Gasteiger partial charge in [0.2, 0.25) is 17.4 Å². The van der Waals surface area contributed by atoms with Crippen molar-refractivity contribution in [3.8, 4) is 17.1 Å². The lowest BCUT2D eigenvalue weighted by atomic mass is 9.85. The number of aromatic nitrogens is 2. The van der Waals surface area contributed by atoms with Crippen molar-refractivity contribution in [2.45, 2.75) is 103 Å². The summed E-state index contributed by atoms with van der Waals surface area (Å²) in [6.07, 6.45) is -0.555. The van der Waals surface area contributed by atoms with Gasteiger partial charge in [-0.15, -0.1) is 0 Å². The standard InChI is InChI=1S/C49H48N4O12/c1-4-32-33-24-31(64-43(57)20-18-42(56)51-39(47(60)61)23-30-14-10-7-11-15-30)16-17-37(33)52-45-34(32)26-53-40(45)25-36-35(46(53)59)27-63-48(62)49(36,5-2)65-44(58)21-19-41(55)50-38(28(3)54)22-29-12-8-6-9-13-29/h6-17,24-25,38-39H,4-5,18-23,26-27H2,1-3H3,(H,50,55)(H,51,56)(H,60,61)/t38?,39?,49-/m0/s1. The first kappa shape index (κ1) is 45.5. The largest absolute Gasteiger partial charge is 0.480 e. The molecular formula is C49H48N4O12. The van der Waals surface area contributed by atoms with E-state index in [-0.39, 0.29) is 74.3 Å². The van der Waals surface area contributed by atoms with Gasteiger partial charge in [0, 0.05) is 35.8 Å². The van der Waals surface area contributed by atoms with Crippen molar-refractivity contribution in [3.05, 3.63) is 129 Å². The lowest BCUT2D eigenvalue weighted by Crippen LogP contribution is -2.47. The van der Waals surface area contributed by atoms with E-state index in [1.54, 1.807) is 61.5 Å². The molecule has 0 saturated heterocycles. The Labute approximate surface area is 373 Å². The Morgan fingerprint density at radius 1 is 0.800 bits per heavy atom. The fraction of sp³-hybridized carbons (Fsp3) is 0.327. The number of nitrogens with one attached hydrogen (secondary N) is 2. The van der Waals surface area contributed by atoms with E-state index in [9.17, 15) is 43.5 Å². The highest BCUT2D eigenvalue weighted by Crippen LogP contribution is 2.42. The molecule has 3 N–H and O–H groups in total. The Morgan fingerprint density at radius 3 is 2.02 bits per heavy atom. The highest BCUT2D eigenvalue weighted by atomic mass is 16.6. The quantitative estimate of drug-likeness (QED) is 0.0781. The van der Waals surface area contributed by atoms with Crippen LogP contribution in [0.25, 0.3) is 22.3 Å². The van der Waals surface area contributed by atoms with Gasteiger partial charge < -0.3 is 34.5 Å². The fourth-order valence-electron chi connectivity index (χ4n) is 8.35. The van der Waals surface area contributed by atoms with Crippen LogP contribution in [-0.2, 0) is 81.1 Å². The molecule has 16 nitrogen and oxygen atoms in total. The topological polar surface area (TPSA) is 226 Å². The highest BCUT2D eigenvalue weighted by Gasteiger charge is 2.50. The van der Waals surface area contributed by atoms with Crippen molar-refractivity contribution in [2.24, 2.45) is 0 Å². The van der Waals surface area contributed by atoms with Crippen molar-refractivity contribution in [1.29, 1.82) is 0 Å². The summed E-state index contributed by atoms with van der Waals surface area (Å²) in [6, 6.07) is 22.6. The zero-order valence-corrected chi connectivity index (χ0v) is 36.1. The van der Waals surface area contributed by atoms with E-state index in [1.165, 1.54) is 11.5 Å². The van der Waals surface area contributed by atoms with Gasteiger partial charge in [0.25, 0.3) is 5.56 Å². The minimum absolute atomic E-state index is 0.0787. The number of carbonyl (C=O) groups excluding carboxylic acids is 6. The first-order valence-corrected chi connectivity index (χ1v) is 21.4. The number of rotatable bonds is 18. The maximum absolute atomic E-state index is 14.2. The third-order valence-corrected chi connectivity index (χ3v) is 11.8. The smallest absolute Gasteiger partial charge is 0.355 e. The Morgan fingerprint density at radius 2 is 1.42 bits per heavy atom. The second-order valence-corrected chi connectivity index (χ2v) is 16.0. The molecule has 0 fully saturated rings. The van der Waals surface area contributed by atoms with Gasteiger partial charge in [-0.2, -0.15) is 0 Å². The molecule has 2 aliphatic rings. The number of fused-ring (bicyclic) bond motifs is 5. The van der Waals surface area contributed by atoms with Crippen LogP contribution in [0.1, 0.15) is 86.3 Å². The predicted octanol–water partition coefficient (Wildman–Crippen LogP) is 4.79. The number of cyclic esters (lactones) is 1. The van der Waals surface area contributed by atoms with Crippen LogP contribution < -0.4 is 20.9 Å². The number of carboxylic acids is 1. The molecule has 7 rings (SSSR count). The van der Waals surface area contributed by atoms with E-state index in [0.717, 1.165) is 22.3 Å². The van der Waals surface area contributed by atoms with Gasteiger partial charge in [-0.1, -0.05) is 74.5 Å². The molecule has 2 aromatic heterocycles. The number of ketones is 1. The second-order valence-electron chi connectivity index (χ2n) is 16.0. The van der Waals surface area contributed by atoms with Crippen LogP contribution in [0.4, 0.5) is 0 Å². The minimum Gasteiger partial charge on any atom is -0.480 e. The number of aliphatic carboxylic acids is 1. The van der Waals surface area contributed by atoms with Gasteiger partial charge in [0.15, 0.2) is 5.78 Å². The van der Waals surface area contributed by atoms with Crippen LogP contribution in [-0.4, -0.2) is 68.2 Å². The number of benzene rings is 3. The van der Waals surface area contributed by atoms with Gasteiger partial charge in [-0.3, -0.25) is 28.8 Å². The number of aryl methyl sites for hydroxylation is 1. The van der Waals surface area contributed by atoms with Crippen LogP contribution in [0.15, 0.2) is 89.7 Å². The van der Waals surface area contributed by atoms with Crippen molar-refractivity contribution < 1.29 is 52.9 Å². The van der Waals surface area contributed by atoms with Gasteiger partial charge in [0.1, 0.15) is 18.4 Å². The number of pyridine rings is 2. The number of hydrogen-bond donors (Lipinski definition) is 3. The molecule has 3 aromatic carbocycles. The molecule has 336 valence electrons. The lowest BCUT2D eigenvalue weighted by Gasteiger charge is -2.35. The maximum atomic E-state index is 14.2. The van der Waals surface area contributed by atoms with E-state index in [4.69, 9.17) is 19.2 Å². The first-order valence-electron chi connectivity index (χ1n) is 21.4. The third kappa shape index (κ3) is 9.86. The van der Waals surface area contributed by atoms with Gasteiger partial charge >= 0.3 is 23.9 Å². The van der Waals surface area contributed by atoms with Crippen LogP contribution in [0.3, 0.4) is 0 Å². The fourth-order valence-corrected chi connectivity index (χ4v) is 8.35. The number of hydrogen-bond acceptors (Lipinski definition) is 12. The lowest BCUT2D eigenvalue weighted by molar-refractivity contribution is -0.189.